The van der Waals surface area contributed by atoms with Gasteiger partial charge in [0.25, 0.3) is 0 Å². The Kier molecular flexibility index (Phi) is 7.86. The summed E-state index contributed by atoms with van der Waals surface area (Å²) in [6.07, 6.45) is 0.814. The lowest BCUT2D eigenvalue weighted by atomic mass is 10.2. The van der Waals surface area contributed by atoms with Crippen molar-refractivity contribution in [3.63, 3.8) is 0 Å². The molecule has 0 aliphatic rings. The minimum atomic E-state index is -0.235. The van der Waals surface area contributed by atoms with Crippen molar-refractivity contribution in [2.45, 2.75) is 53.2 Å². The molecule has 8 nitrogen and oxygen atoms in total. The maximum Gasteiger partial charge on any atom is 0.319 e. The largest absolute Gasteiger partial charge is 0.338 e. The highest BCUT2D eigenvalue weighted by atomic mass is 16.2. The Labute approximate surface area is 166 Å². The molecule has 152 valence electrons. The molecule has 2 rings (SSSR count). The van der Waals surface area contributed by atoms with Crippen LogP contribution in [0.4, 0.5) is 15.3 Å². The Morgan fingerprint density at radius 1 is 1.07 bits per heavy atom. The highest BCUT2D eigenvalue weighted by molar-refractivity contribution is 5.89. The van der Waals surface area contributed by atoms with E-state index in [2.05, 4.69) is 26.4 Å². The molecule has 0 aliphatic heterocycles. The number of nitrogens with one attached hydrogen (secondary N) is 4. The first-order valence-electron chi connectivity index (χ1n) is 9.52. The fourth-order valence-electron chi connectivity index (χ4n) is 2.71. The Balaban J connectivity index is 1.65. The van der Waals surface area contributed by atoms with Crippen LogP contribution < -0.4 is 21.3 Å². The number of aryl methyl sites for hydroxylation is 3. The minimum absolute atomic E-state index is 0.0784. The molecule has 2 aromatic rings. The van der Waals surface area contributed by atoms with Crippen molar-refractivity contribution < 1.29 is 9.59 Å². The lowest BCUT2D eigenvalue weighted by Crippen LogP contribution is -2.36. The third kappa shape index (κ3) is 7.30. The highest BCUT2D eigenvalue weighted by Crippen LogP contribution is 2.09. The quantitative estimate of drug-likeness (QED) is 0.525. The van der Waals surface area contributed by atoms with Crippen LogP contribution in [0.5, 0.6) is 0 Å². The number of rotatable bonds is 8. The van der Waals surface area contributed by atoms with Gasteiger partial charge in [0.05, 0.1) is 5.69 Å². The SMILES string of the molecule is Cc1cc(C)n(CCCNC(=O)NCc2ccc(NC(=O)NC(C)C)cc2)n1. The Morgan fingerprint density at radius 2 is 1.79 bits per heavy atom. The van der Waals surface area contributed by atoms with E-state index in [-0.39, 0.29) is 18.1 Å². The lowest BCUT2D eigenvalue weighted by molar-refractivity contribution is 0.240. The monoisotopic (exact) mass is 386 g/mol. The summed E-state index contributed by atoms with van der Waals surface area (Å²) in [6, 6.07) is 9.04. The summed E-state index contributed by atoms with van der Waals surface area (Å²) in [5, 5.41) is 15.6. The maximum absolute atomic E-state index is 11.9. The molecule has 28 heavy (non-hydrogen) atoms. The van der Waals surface area contributed by atoms with E-state index in [0.29, 0.717) is 18.8 Å². The summed E-state index contributed by atoms with van der Waals surface area (Å²) >= 11 is 0. The van der Waals surface area contributed by atoms with Crippen molar-refractivity contribution in [3.05, 3.63) is 47.3 Å². The maximum atomic E-state index is 11.9. The summed E-state index contributed by atoms with van der Waals surface area (Å²) in [7, 11) is 0. The Bertz CT molecular complexity index is 782. The molecule has 0 fully saturated rings. The van der Waals surface area contributed by atoms with Gasteiger partial charge in [0, 0.05) is 37.1 Å². The summed E-state index contributed by atoms with van der Waals surface area (Å²) in [4.78, 5) is 23.6. The molecule has 0 saturated carbocycles. The van der Waals surface area contributed by atoms with Gasteiger partial charge in [0.1, 0.15) is 0 Å². The number of carbonyl (C=O) groups excluding carboxylic acids is 2. The van der Waals surface area contributed by atoms with Gasteiger partial charge in [-0.2, -0.15) is 5.10 Å². The molecule has 1 heterocycles. The van der Waals surface area contributed by atoms with Crippen molar-refractivity contribution in [1.82, 2.24) is 25.7 Å². The molecule has 0 aliphatic carbocycles. The van der Waals surface area contributed by atoms with Gasteiger partial charge in [-0.1, -0.05) is 12.1 Å². The van der Waals surface area contributed by atoms with Crippen molar-refractivity contribution >= 4 is 17.7 Å². The molecule has 4 N–H and O–H groups in total. The van der Waals surface area contributed by atoms with E-state index < -0.39 is 0 Å². The summed E-state index contributed by atoms with van der Waals surface area (Å²) in [5.41, 5.74) is 3.79. The van der Waals surface area contributed by atoms with Gasteiger partial charge in [-0.25, -0.2) is 9.59 Å². The first-order valence-corrected chi connectivity index (χ1v) is 9.52. The first-order chi connectivity index (χ1) is 13.3. The number of hydrogen-bond acceptors (Lipinski definition) is 3. The van der Waals surface area contributed by atoms with Gasteiger partial charge >= 0.3 is 12.1 Å². The number of nitrogens with zero attached hydrogens (tertiary/aromatic N) is 2. The second-order valence-corrected chi connectivity index (χ2v) is 7.06. The third-order valence-electron chi connectivity index (χ3n) is 4.02. The van der Waals surface area contributed by atoms with Crippen LogP contribution >= 0.6 is 0 Å². The molecular formula is C20H30N6O2. The van der Waals surface area contributed by atoms with Crippen LogP contribution in [0.15, 0.2) is 30.3 Å². The van der Waals surface area contributed by atoms with Crippen LogP contribution in [-0.2, 0) is 13.1 Å². The first kappa shape index (κ1) is 21.3. The van der Waals surface area contributed by atoms with Crippen molar-refractivity contribution in [2.75, 3.05) is 11.9 Å². The Hall–Kier alpha value is -3.03. The number of aromatic nitrogens is 2. The van der Waals surface area contributed by atoms with Crippen LogP contribution in [0, 0.1) is 13.8 Å². The fourth-order valence-corrected chi connectivity index (χ4v) is 2.71. The number of carbonyl (C=O) groups is 2. The van der Waals surface area contributed by atoms with Gasteiger partial charge in [0.15, 0.2) is 0 Å². The number of hydrogen-bond donors (Lipinski definition) is 4. The smallest absolute Gasteiger partial charge is 0.319 e. The van der Waals surface area contributed by atoms with E-state index in [1.807, 2.05) is 62.7 Å². The van der Waals surface area contributed by atoms with E-state index in [4.69, 9.17) is 0 Å². The van der Waals surface area contributed by atoms with Crippen LogP contribution in [0.1, 0.15) is 37.2 Å². The van der Waals surface area contributed by atoms with Crippen molar-refractivity contribution in [3.8, 4) is 0 Å². The van der Waals surface area contributed by atoms with E-state index in [0.717, 1.165) is 29.9 Å². The highest BCUT2D eigenvalue weighted by Gasteiger charge is 2.05. The number of amides is 4. The molecule has 1 aromatic heterocycles. The Morgan fingerprint density at radius 3 is 2.39 bits per heavy atom. The third-order valence-corrected chi connectivity index (χ3v) is 4.02. The van der Waals surface area contributed by atoms with E-state index >= 15 is 0 Å². The van der Waals surface area contributed by atoms with Gasteiger partial charge in [-0.3, -0.25) is 4.68 Å². The predicted octanol–water partition coefficient (Wildman–Crippen LogP) is 2.92. The topological polar surface area (TPSA) is 100 Å². The predicted molar refractivity (Wildman–Crippen MR) is 110 cm³/mol. The van der Waals surface area contributed by atoms with E-state index in [1.54, 1.807) is 0 Å². The van der Waals surface area contributed by atoms with Crippen LogP contribution in [0.25, 0.3) is 0 Å². The molecule has 0 unspecified atom stereocenters. The zero-order valence-corrected chi connectivity index (χ0v) is 17.0. The molecule has 0 bridgehead atoms. The molecule has 1 aromatic carbocycles. The van der Waals surface area contributed by atoms with Crippen molar-refractivity contribution in [1.29, 1.82) is 0 Å². The average molecular weight is 387 g/mol. The minimum Gasteiger partial charge on any atom is -0.338 e. The fraction of sp³-hybridized carbons (Fsp3) is 0.450. The summed E-state index contributed by atoms with van der Waals surface area (Å²) in [5.74, 6) is 0. The van der Waals surface area contributed by atoms with E-state index in [9.17, 15) is 9.59 Å². The standard InChI is InChI=1S/C20H30N6O2/c1-14(2)23-20(28)24-18-8-6-17(7-9-18)13-22-19(27)21-10-5-11-26-16(4)12-15(3)25-26/h6-9,12,14H,5,10-11,13H2,1-4H3,(H2,21,22,27)(H2,23,24,28). The summed E-state index contributed by atoms with van der Waals surface area (Å²) < 4.78 is 1.95. The zero-order valence-electron chi connectivity index (χ0n) is 17.0. The molecule has 0 spiro atoms. The zero-order chi connectivity index (χ0) is 20.5. The number of anilines is 1. The van der Waals surface area contributed by atoms with Gasteiger partial charge in [0.2, 0.25) is 0 Å². The number of benzene rings is 1. The second kappa shape index (κ2) is 10.3. The average Bonchev–Trinajstić information content (AvgIpc) is 2.94. The molecule has 0 saturated heterocycles. The molecule has 4 amide bonds. The van der Waals surface area contributed by atoms with Crippen LogP contribution in [0.3, 0.4) is 0 Å². The molecular weight excluding hydrogens is 356 g/mol. The van der Waals surface area contributed by atoms with E-state index in [1.165, 1.54) is 0 Å². The van der Waals surface area contributed by atoms with Gasteiger partial charge in [-0.15, -0.1) is 0 Å². The summed E-state index contributed by atoms with van der Waals surface area (Å²) in [6.45, 7) is 9.58. The number of urea groups is 2. The van der Waals surface area contributed by atoms with Crippen LogP contribution in [0.2, 0.25) is 0 Å². The van der Waals surface area contributed by atoms with Gasteiger partial charge in [-0.05, 0) is 57.9 Å². The lowest BCUT2D eigenvalue weighted by Gasteiger charge is -2.11. The molecule has 8 heteroatoms. The van der Waals surface area contributed by atoms with Gasteiger partial charge < -0.3 is 21.3 Å². The normalized spacial score (nSPS) is 10.6. The van der Waals surface area contributed by atoms with Crippen LogP contribution in [-0.4, -0.2) is 34.4 Å². The second-order valence-electron chi connectivity index (χ2n) is 7.06. The van der Waals surface area contributed by atoms with Crippen molar-refractivity contribution in [2.24, 2.45) is 0 Å². The molecule has 0 atom stereocenters. The molecule has 0 radical (unpaired) electrons.